The van der Waals surface area contributed by atoms with Crippen LogP contribution in [-0.2, 0) is 6.42 Å². The fraction of sp³-hybridized carbons (Fsp3) is 0.375. The summed E-state index contributed by atoms with van der Waals surface area (Å²) in [7, 11) is 0. The molecule has 108 valence electrons. The van der Waals surface area contributed by atoms with Gasteiger partial charge in [0.2, 0.25) is 0 Å². The van der Waals surface area contributed by atoms with Gasteiger partial charge in [0.25, 0.3) is 0 Å². The molecule has 0 fully saturated rings. The summed E-state index contributed by atoms with van der Waals surface area (Å²) in [5.74, 6) is -0.948. The highest BCUT2D eigenvalue weighted by Crippen LogP contribution is 2.23. The molecule has 0 aliphatic rings. The molecular formula is C16H19F2NS. The lowest BCUT2D eigenvalue weighted by Gasteiger charge is -2.19. The Morgan fingerprint density at radius 2 is 1.75 bits per heavy atom. The molecule has 1 aromatic carbocycles. The number of nitrogens with one attached hydrogen (secondary N) is 1. The van der Waals surface area contributed by atoms with Crippen LogP contribution in [0.1, 0.15) is 35.2 Å². The van der Waals surface area contributed by atoms with Gasteiger partial charge in [-0.15, -0.1) is 11.3 Å². The van der Waals surface area contributed by atoms with Crippen LogP contribution in [0.25, 0.3) is 0 Å². The molecule has 1 N–H and O–H groups in total. The summed E-state index contributed by atoms with van der Waals surface area (Å²) >= 11 is 1.74. The average molecular weight is 295 g/mol. The topological polar surface area (TPSA) is 12.0 Å². The zero-order chi connectivity index (χ0) is 14.7. The first-order valence-electron chi connectivity index (χ1n) is 6.72. The minimum Gasteiger partial charge on any atom is -0.307 e. The second kappa shape index (κ2) is 6.46. The van der Waals surface area contributed by atoms with Crippen molar-refractivity contribution in [3.8, 4) is 0 Å². The van der Waals surface area contributed by atoms with Crippen LogP contribution in [0.2, 0.25) is 0 Å². The van der Waals surface area contributed by atoms with E-state index in [9.17, 15) is 8.78 Å². The van der Waals surface area contributed by atoms with Crippen molar-refractivity contribution in [2.24, 2.45) is 0 Å². The third-order valence-electron chi connectivity index (χ3n) is 3.29. The molecule has 0 radical (unpaired) electrons. The van der Waals surface area contributed by atoms with E-state index >= 15 is 0 Å². The molecule has 0 saturated heterocycles. The lowest BCUT2D eigenvalue weighted by molar-refractivity contribution is 0.461. The van der Waals surface area contributed by atoms with E-state index in [1.54, 1.807) is 11.3 Å². The molecule has 2 unspecified atom stereocenters. The Morgan fingerprint density at radius 1 is 1.10 bits per heavy atom. The highest BCUT2D eigenvalue weighted by atomic mass is 32.1. The average Bonchev–Trinajstić information content (AvgIpc) is 2.81. The van der Waals surface area contributed by atoms with E-state index in [4.69, 9.17) is 0 Å². The summed E-state index contributed by atoms with van der Waals surface area (Å²) in [6, 6.07) is 8.35. The zero-order valence-electron chi connectivity index (χ0n) is 11.9. The molecular weight excluding hydrogens is 276 g/mol. The van der Waals surface area contributed by atoms with Crippen molar-refractivity contribution in [3.05, 3.63) is 57.3 Å². The van der Waals surface area contributed by atoms with E-state index in [0.717, 1.165) is 0 Å². The van der Waals surface area contributed by atoms with Gasteiger partial charge in [-0.3, -0.25) is 0 Å². The second-order valence-corrected chi connectivity index (χ2v) is 6.46. The Kier molecular flexibility index (Phi) is 4.89. The Bertz CT molecular complexity index is 559. The number of aryl methyl sites for hydroxylation is 1. The van der Waals surface area contributed by atoms with E-state index in [0.29, 0.717) is 6.42 Å². The quantitative estimate of drug-likeness (QED) is 0.849. The number of hydrogen-bond donors (Lipinski definition) is 1. The van der Waals surface area contributed by atoms with Gasteiger partial charge in [-0.1, -0.05) is 6.07 Å². The van der Waals surface area contributed by atoms with Gasteiger partial charge in [0.05, 0.1) is 0 Å². The SMILES string of the molecule is Cc1ccc(C(C)NC(C)Cc2c(F)cccc2F)s1. The molecule has 0 aliphatic carbocycles. The molecule has 0 bridgehead atoms. The third-order valence-corrected chi connectivity index (χ3v) is 4.48. The summed E-state index contributed by atoms with van der Waals surface area (Å²) in [4.78, 5) is 2.50. The summed E-state index contributed by atoms with van der Waals surface area (Å²) in [5.41, 5.74) is 0.155. The highest BCUT2D eigenvalue weighted by molar-refractivity contribution is 7.12. The van der Waals surface area contributed by atoms with Crippen LogP contribution in [0.5, 0.6) is 0 Å². The molecule has 20 heavy (non-hydrogen) atoms. The van der Waals surface area contributed by atoms with Crippen molar-refractivity contribution in [1.29, 1.82) is 0 Å². The van der Waals surface area contributed by atoms with Crippen molar-refractivity contribution in [2.75, 3.05) is 0 Å². The van der Waals surface area contributed by atoms with E-state index in [1.165, 1.54) is 28.0 Å². The van der Waals surface area contributed by atoms with E-state index in [1.807, 2.05) is 6.92 Å². The molecule has 0 amide bonds. The number of thiophene rings is 1. The second-order valence-electron chi connectivity index (χ2n) is 5.14. The molecule has 0 aliphatic heterocycles. The molecule has 2 atom stereocenters. The molecule has 1 aromatic heterocycles. The third kappa shape index (κ3) is 3.64. The summed E-state index contributed by atoms with van der Waals surface area (Å²) < 4.78 is 27.2. The van der Waals surface area contributed by atoms with Crippen LogP contribution < -0.4 is 5.32 Å². The smallest absolute Gasteiger partial charge is 0.129 e. The molecule has 2 rings (SSSR count). The lowest BCUT2D eigenvalue weighted by Crippen LogP contribution is -2.30. The predicted octanol–water partition coefficient (Wildman–Crippen LogP) is 4.62. The van der Waals surface area contributed by atoms with E-state index < -0.39 is 11.6 Å². The van der Waals surface area contributed by atoms with Gasteiger partial charge in [-0.05, 0) is 51.5 Å². The monoisotopic (exact) mass is 295 g/mol. The van der Waals surface area contributed by atoms with Crippen molar-refractivity contribution < 1.29 is 8.78 Å². The van der Waals surface area contributed by atoms with Gasteiger partial charge in [0.1, 0.15) is 11.6 Å². The summed E-state index contributed by atoms with van der Waals surface area (Å²) in [5, 5.41) is 3.39. The summed E-state index contributed by atoms with van der Waals surface area (Å²) in [6.45, 7) is 6.08. The number of rotatable bonds is 5. The van der Waals surface area contributed by atoms with Crippen LogP contribution in [0, 0.1) is 18.6 Å². The summed E-state index contributed by atoms with van der Waals surface area (Å²) in [6.07, 6.45) is 0.340. The lowest BCUT2D eigenvalue weighted by atomic mass is 10.0. The molecule has 1 heterocycles. The number of hydrogen-bond acceptors (Lipinski definition) is 2. The molecule has 2 aromatic rings. The Morgan fingerprint density at radius 3 is 2.30 bits per heavy atom. The fourth-order valence-electron chi connectivity index (χ4n) is 2.29. The van der Waals surface area contributed by atoms with Crippen LogP contribution in [-0.4, -0.2) is 6.04 Å². The van der Waals surface area contributed by atoms with Gasteiger partial charge in [0, 0.05) is 27.4 Å². The maximum Gasteiger partial charge on any atom is 0.129 e. The largest absolute Gasteiger partial charge is 0.307 e. The number of benzene rings is 1. The van der Waals surface area contributed by atoms with Gasteiger partial charge in [0.15, 0.2) is 0 Å². The fourth-order valence-corrected chi connectivity index (χ4v) is 3.18. The van der Waals surface area contributed by atoms with Crippen molar-refractivity contribution >= 4 is 11.3 Å². The van der Waals surface area contributed by atoms with Crippen molar-refractivity contribution in [2.45, 2.75) is 39.3 Å². The maximum atomic E-state index is 13.6. The molecule has 4 heteroatoms. The first kappa shape index (κ1) is 15.1. The minimum atomic E-state index is -0.474. The Balaban J connectivity index is 2.00. The van der Waals surface area contributed by atoms with Gasteiger partial charge in [-0.2, -0.15) is 0 Å². The predicted molar refractivity (Wildman–Crippen MR) is 80.1 cm³/mol. The van der Waals surface area contributed by atoms with Crippen LogP contribution in [0.4, 0.5) is 8.78 Å². The van der Waals surface area contributed by atoms with Crippen LogP contribution in [0.15, 0.2) is 30.3 Å². The van der Waals surface area contributed by atoms with Crippen molar-refractivity contribution in [1.82, 2.24) is 5.32 Å². The first-order valence-corrected chi connectivity index (χ1v) is 7.54. The van der Waals surface area contributed by atoms with Crippen LogP contribution >= 0.6 is 11.3 Å². The zero-order valence-corrected chi connectivity index (χ0v) is 12.7. The first-order chi connectivity index (χ1) is 9.47. The Hall–Kier alpha value is -1.26. The van der Waals surface area contributed by atoms with Gasteiger partial charge >= 0.3 is 0 Å². The highest BCUT2D eigenvalue weighted by Gasteiger charge is 2.15. The number of halogens is 2. The minimum absolute atomic E-state index is 0.00111. The normalized spacial score (nSPS) is 14.2. The van der Waals surface area contributed by atoms with E-state index in [2.05, 4.69) is 31.3 Å². The maximum absolute atomic E-state index is 13.6. The standard InChI is InChI=1S/C16H19F2NS/c1-10(9-13-14(17)5-4-6-15(13)18)19-12(3)16-8-7-11(2)20-16/h4-8,10,12,19H,9H2,1-3H3. The molecule has 0 saturated carbocycles. The van der Waals surface area contributed by atoms with Gasteiger partial charge in [-0.25, -0.2) is 8.78 Å². The molecule has 0 spiro atoms. The molecule has 1 nitrogen and oxygen atoms in total. The van der Waals surface area contributed by atoms with E-state index in [-0.39, 0.29) is 17.6 Å². The van der Waals surface area contributed by atoms with Gasteiger partial charge < -0.3 is 5.32 Å². The van der Waals surface area contributed by atoms with Crippen LogP contribution in [0.3, 0.4) is 0 Å². The Labute approximate surface area is 122 Å². The van der Waals surface area contributed by atoms with Crippen molar-refractivity contribution in [3.63, 3.8) is 0 Å².